The second-order valence-corrected chi connectivity index (χ2v) is 5.86. The van der Waals surface area contributed by atoms with Crippen LogP contribution in [0.4, 0.5) is 19.0 Å². The Hall–Kier alpha value is -2.88. The van der Waals surface area contributed by atoms with E-state index in [1.807, 2.05) is 0 Å². The van der Waals surface area contributed by atoms with E-state index in [1.54, 1.807) is 0 Å². The third-order valence-electron chi connectivity index (χ3n) is 3.94. The fraction of sp³-hybridized carbons (Fsp3) is 0.353. The summed E-state index contributed by atoms with van der Waals surface area (Å²) in [6, 6.07) is 5.30. The van der Waals surface area contributed by atoms with Crippen LogP contribution in [-0.2, 0) is 9.53 Å². The summed E-state index contributed by atoms with van der Waals surface area (Å²) in [5, 5.41) is 0. The fourth-order valence-electron chi connectivity index (χ4n) is 2.56. The van der Waals surface area contributed by atoms with E-state index in [1.165, 1.54) is 36.7 Å². The number of carbonyl (C=O) groups excluding carboxylic acids is 1. The van der Waals surface area contributed by atoms with Gasteiger partial charge in [0.1, 0.15) is 5.75 Å². The molecule has 0 aliphatic carbocycles. The Morgan fingerprint density at radius 3 is 2.41 bits per heavy atom. The molecule has 3 rings (SSSR count). The summed E-state index contributed by atoms with van der Waals surface area (Å²) in [7, 11) is 0. The maximum atomic E-state index is 12.2. The van der Waals surface area contributed by atoms with Gasteiger partial charge in [-0.05, 0) is 37.1 Å². The van der Waals surface area contributed by atoms with Crippen LogP contribution in [0.15, 0.2) is 36.7 Å². The number of halogens is 3. The highest BCUT2D eigenvalue weighted by atomic mass is 19.4. The molecule has 1 aromatic heterocycles. The first-order valence-electron chi connectivity index (χ1n) is 8.22. The molecule has 0 spiro atoms. The van der Waals surface area contributed by atoms with Crippen molar-refractivity contribution < 1.29 is 27.4 Å². The van der Waals surface area contributed by atoms with Crippen molar-refractivity contribution in [2.24, 2.45) is 5.92 Å². The highest BCUT2D eigenvalue weighted by molar-refractivity contribution is 5.79. The van der Waals surface area contributed by atoms with Crippen molar-refractivity contribution in [2.45, 2.75) is 19.2 Å². The van der Waals surface area contributed by atoms with E-state index in [9.17, 15) is 18.0 Å². The van der Waals surface area contributed by atoms with Gasteiger partial charge in [0, 0.05) is 24.7 Å². The number of benzene rings is 1. The van der Waals surface area contributed by atoms with E-state index in [0.717, 1.165) is 0 Å². The topological polar surface area (TPSA) is 85.4 Å². The molecule has 10 heteroatoms. The van der Waals surface area contributed by atoms with Crippen LogP contribution in [0.5, 0.6) is 5.75 Å². The fourth-order valence-corrected chi connectivity index (χ4v) is 2.56. The molecule has 27 heavy (non-hydrogen) atoms. The average molecular weight is 382 g/mol. The number of rotatable bonds is 5. The molecule has 2 N–H and O–H groups in total. The van der Waals surface area contributed by atoms with Crippen molar-refractivity contribution in [3.8, 4) is 17.0 Å². The van der Waals surface area contributed by atoms with Crippen molar-refractivity contribution in [3.63, 3.8) is 0 Å². The van der Waals surface area contributed by atoms with E-state index in [0.29, 0.717) is 43.1 Å². The molecule has 2 aromatic rings. The number of nitrogens with one attached hydrogen (secondary N) is 2. The Morgan fingerprint density at radius 1 is 1.11 bits per heavy atom. The van der Waals surface area contributed by atoms with Crippen LogP contribution >= 0.6 is 0 Å². The van der Waals surface area contributed by atoms with Crippen LogP contribution in [0.3, 0.4) is 0 Å². The van der Waals surface area contributed by atoms with Gasteiger partial charge in [0.2, 0.25) is 5.91 Å². The summed E-state index contributed by atoms with van der Waals surface area (Å²) >= 11 is 0. The van der Waals surface area contributed by atoms with Gasteiger partial charge in [-0.2, -0.15) is 0 Å². The largest absolute Gasteiger partial charge is 0.573 e. The van der Waals surface area contributed by atoms with Crippen LogP contribution in [0, 0.1) is 5.92 Å². The molecule has 2 heterocycles. The number of hydrogen-bond donors (Lipinski definition) is 2. The number of amides is 1. The van der Waals surface area contributed by atoms with E-state index >= 15 is 0 Å². The van der Waals surface area contributed by atoms with Gasteiger partial charge in [0.05, 0.1) is 18.1 Å². The normalized spacial score (nSPS) is 15.2. The van der Waals surface area contributed by atoms with Gasteiger partial charge in [-0.15, -0.1) is 13.2 Å². The summed E-state index contributed by atoms with van der Waals surface area (Å²) in [4.78, 5) is 20.3. The SMILES string of the molecule is O=C(NNc1cnc(-c2ccc(OC(F)(F)F)cc2)cn1)C1CCOCC1. The number of hydrogen-bond acceptors (Lipinski definition) is 6. The molecule has 1 amide bonds. The first-order valence-corrected chi connectivity index (χ1v) is 8.22. The molecule has 1 aromatic carbocycles. The van der Waals surface area contributed by atoms with Crippen LogP contribution in [0.2, 0.25) is 0 Å². The minimum atomic E-state index is -4.73. The molecule has 1 aliphatic heterocycles. The number of nitrogens with zero attached hydrogens (tertiary/aromatic N) is 2. The predicted molar refractivity (Wildman–Crippen MR) is 89.5 cm³/mol. The maximum absolute atomic E-state index is 12.2. The first kappa shape index (κ1) is 18.9. The minimum Gasteiger partial charge on any atom is -0.406 e. The van der Waals surface area contributed by atoms with Crippen LogP contribution in [0.25, 0.3) is 11.3 Å². The molecule has 0 unspecified atom stereocenters. The highest BCUT2D eigenvalue weighted by Gasteiger charge is 2.31. The van der Waals surface area contributed by atoms with E-state index in [4.69, 9.17) is 4.74 Å². The van der Waals surface area contributed by atoms with Crippen molar-refractivity contribution in [3.05, 3.63) is 36.7 Å². The van der Waals surface area contributed by atoms with Crippen molar-refractivity contribution in [1.29, 1.82) is 0 Å². The van der Waals surface area contributed by atoms with Gasteiger partial charge < -0.3 is 9.47 Å². The van der Waals surface area contributed by atoms with Crippen molar-refractivity contribution >= 4 is 11.7 Å². The van der Waals surface area contributed by atoms with Crippen LogP contribution in [-0.4, -0.2) is 35.5 Å². The number of alkyl halides is 3. The standard InChI is InChI=1S/C17H17F3N4O3/c18-17(19,20)27-13-3-1-11(2-4-13)14-9-22-15(10-21-14)23-24-16(25)12-5-7-26-8-6-12/h1-4,9-10,12H,5-8H2,(H,22,23)(H,24,25). The summed E-state index contributed by atoms with van der Waals surface area (Å²) < 4.78 is 45.5. The molecule has 1 fully saturated rings. The van der Waals surface area contributed by atoms with Gasteiger partial charge >= 0.3 is 6.36 Å². The van der Waals surface area contributed by atoms with Gasteiger partial charge in [-0.3, -0.25) is 20.6 Å². The zero-order valence-electron chi connectivity index (χ0n) is 14.1. The van der Waals surface area contributed by atoms with Gasteiger partial charge in [0.15, 0.2) is 5.82 Å². The third kappa shape index (κ3) is 5.55. The van der Waals surface area contributed by atoms with Gasteiger partial charge in [-0.1, -0.05) is 0 Å². The van der Waals surface area contributed by atoms with E-state index in [2.05, 4.69) is 25.6 Å². The Balaban J connectivity index is 1.56. The molecule has 0 radical (unpaired) electrons. The quantitative estimate of drug-likeness (QED) is 0.774. The van der Waals surface area contributed by atoms with Crippen molar-refractivity contribution in [1.82, 2.24) is 15.4 Å². The number of hydrazine groups is 1. The molecule has 7 nitrogen and oxygen atoms in total. The maximum Gasteiger partial charge on any atom is 0.573 e. The second-order valence-electron chi connectivity index (χ2n) is 5.86. The minimum absolute atomic E-state index is 0.101. The van der Waals surface area contributed by atoms with Crippen LogP contribution < -0.4 is 15.6 Å². The highest BCUT2D eigenvalue weighted by Crippen LogP contribution is 2.25. The molecule has 1 saturated heterocycles. The lowest BCUT2D eigenvalue weighted by molar-refractivity contribution is -0.274. The number of carbonyl (C=O) groups is 1. The molecule has 0 atom stereocenters. The van der Waals surface area contributed by atoms with Crippen molar-refractivity contribution in [2.75, 3.05) is 18.6 Å². The smallest absolute Gasteiger partial charge is 0.406 e. The lowest BCUT2D eigenvalue weighted by Gasteiger charge is -2.21. The summed E-state index contributed by atoms with van der Waals surface area (Å²) in [6.45, 7) is 1.14. The Bertz CT molecular complexity index is 760. The Kier molecular flexibility index (Phi) is 5.75. The molecule has 0 bridgehead atoms. The monoisotopic (exact) mass is 382 g/mol. The van der Waals surface area contributed by atoms with Gasteiger partial charge in [0.25, 0.3) is 0 Å². The molecule has 144 valence electrons. The number of ether oxygens (including phenoxy) is 2. The predicted octanol–water partition coefficient (Wildman–Crippen LogP) is 2.91. The third-order valence-corrected chi connectivity index (χ3v) is 3.94. The molecular weight excluding hydrogens is 365 g/mol. The molecular formula is C17H17F3N4O3. The lowest BCUT2D eigenvalue weighted by atomic mass is 10.00. The molecule has 1 aliphatic rings. The zero-order chi connectivity index (χ0) is 19.3. The Morgan fingerprint density at radius 2 is 1.81 bits per heavy atom. The van der Waals surface area contributed by atoms with Crippen LogP contribution in [0.1, 0.15) is 12.8 Å². The molecule has 0 saturated carbocycles. The summed E-state index contributed by atoms with van der Waals surface area (Å²) in [6.07, 6.45) is -0.523. The zero-order valence-corrected chi connectivity index (χ0v) is 14.1. The summed E-state index contributed by atoms with van der Waals surface area (Å²) in [5.41, 5.74) is 6.33. The lowest BCUT2D eigenvalue weighted by Crippen LogP contribution is -2.37. The van der Waals surface area contributed by atoms with E-state index < -0.39 is 6.36 Å². The first-order chi connectivity index (χ1) is 12.9. The summed E-state index contributed by atoms with van der Waals surface area (Å²) in [5.74, 6) is -0.204. The van der Waals surface area contributed by atoms with E-state index in [-0.39, 0.29) is 17.6 Å². The second kappa shape index (κ2) is 8.21. The van der Waals surface area contributed by atoms with Gasteiger partial charge in [-0.25, -0.2) is 4.98 Å². The number of anilines is 1. The average Bonchev–Trinajstić information content (AvgIpc) is 2.67. The number of aromatic nitrogens is 2. The Labute approximate surface area is 152 Å².